The van der Waals surface area contributed by atoms with Crippen molar-refractivity contribution in [3.8, 4) is 0 Å². The molecular formula is C45H85NO8P+. The van der Waals surface area contributed by atoms with Crippen LogP contribution in [0.3, 0.4) is 0 Å². The second-order valence-electron chi connectivity index (χ2n) is 16.1. The molecular weight excluding hydrogens is 713 g/mol. The van der Waals surface area contributed by atoms with Gasteiger partial charge in [0.25, 0.3) is 0 Å². The lowest BCUT2D eigenvalue weighted by Crippen LogP contribution is -2.37. The van der Waals surface area contributed by atoms with Gasteiger partial charge in [0, 0.05) is 12.8 Å². The molecule has 0 heterocycles. The van der Waals surface area contributed by atoms with Crippen molar-refractivity contribution in [2.45, 2.75) is 193 Å². The number of hydrogen-bond donors (Lipinski definition) is 1. The Morgan fingerprint density at radius 3 is 1.51 bits per heavy atom. The molecule has 0 rings (SSSR count). The van der Waals surface area contributed by atoms with Crippen LogP contribution < -0.4 is 0 Å². The standard InChI is InChI=1S/C45H84NO8P/c1-6-8-10-12-14-16-18-20-22-23-24-26-28-30-32-34-36-38-45(48)54-43(42-53-55(49,50)52-40-39-46(3,4)5)41-51-44(47)37-35-33-31-29-27-25-21-19-17-15-13-11-9-7-2/h13,15,19-22,43H,6-12,14,16-18,23-42H2,1-5H3/p+1/b15-13+,21-19+,22-20+/t43-/m1/s1. The Morgan fingerprint density at radius 1 is 0.564 bits per heavy atom. The van der Waals surface area contributed by atoms with E-state index in [1.54, 1.807) is 0 Å². The summed E-state index contributed by atoms with van der Waals surface area (Å²) < 4.78 is 34.3. The molecule has 0 aliphatic carbocycles. The number of esters is 2. The van der Waals surface area contributed by atoms with Gasteiger partial charge in [-0.2, -0.15) is 0 Å². The summed E-state index contributed by atoms with van der Waals surface area (Å²) in [6.45, 7) is 4.36. The summed E-state index contributed by atoms with van der Waals surface area (Å²) in [7, 11) is 1.46. The second-order valence-corrected chi connectivity index (χ2v) is 17.5. The monoisotopic (exact) mass is 799 g/mol. The van der Waals surface area contributed by atoms with Crippen LogP contribution in [0.2, 0.25) is 0 Å². The topological polar surface area (TPSA) is 108 Å². The summed E-state index contributed by atoms with van der Waals surface area (Å²) in [6, 6.07) is 0. The molecule has 0 aromatic heterocycles. The van der Waals surface area contributed by atoms with E-state index in [-0.39, 0.29) is 32.0 Å². The van der Waals surface area contributed by atoms with Crippen LogP contribution >= 0.6 is 7.82 Å². The van der Waals surface area contributed by atoms with Crippen LogP contribution in [0, 0.1) is 0 Å². The summed E-state index contributed by atoms with van der Waals surface area (Å²) in [4.78, 5) is 35.3. The number of phosphoric acid groups is 1. The Bertz CT molecular complexity index is 1040. The van der Waals surface area contributed by atoms with Gasteiger partial charge in [0.05, 0.1) is 27.7 Å². The van der Waals surface area contributed by atoms with Gasteiger partial charge in [-0.1, -0.05) is 147 Å². The van der Waals surface area contributed by atoms with Gasteiger partial charge < -0.3 is 18.9 Å². The first-order valence-electron chi connectivity index (χ1n) is 22.2. The van der Waals surface area contributed by atoms with Crippen LogP contribution in [0.15, 0.2) is 36.5 Å². The van der Waals surface area contributed by atoms with Gasteiger partial charge in [-0.25, -0.2) is 4.57 Å². The lowest BCUT2D eigenvalue weighted by Gasteiger charge is -2.24. The average molecular weight is 799 g/mol. The molecule has 0 fully saturated rings. The Labute approximate surface area is 338 Å². The van der Waals surface area contributed by atoms with Crippen LogP contribution in [0.4, 0.5) is 0 Å². The first kappa shape index (κ1) is 53.2. The molecule has 0 aromatic carbocycles. The summed E-state index contributed by atoms with van der Waals surface area (Å²) >= 11 is 0. The third kappa shape index (κ3) is 41.7. The SMILES string of the molecule is CCCC/C=C/C/C=C/CCCCCCCC(=O)OC[C@H](COP(=O)(O)OCC[N+](C)(C)C)OC(=O)CCCCCCCCC/C=C/CCCCCCCC. The molecule has 0 aromatic rings. The Balaban J connectivity index is 4.37. The minimum Gasteiger partial charge on any atom is -0.462 e. The number of nitrogens with zero attached hydrogens (tertiary/aromatic N) is 1. The predicted molar refractivity (Wildman–Crippen MR) is 229 cm³/mol. The molecule has 9 nitrogen and oxygen atoms in total. The quantitative estimate of drug-likeness (QED) is 0.0215. The summed E-state index contributed by atoms with van der Waals surface area (Å²) in [5.74, 6) is -0.819. The fourth-order valence-corrected chi connectivity index (χ4v) is 6.59. The number of quaternary nitrogens is 1. The zero-order valence-corrected chi connectivity index (χ0v) is 37.1. The number of rotatable bonds is 40. The fourth-order valence-electron chi connectivity index (χ4n) is 5.85. The van der Waals surface area contributed by atoms with Crippen LogP contribution in [0.1, 0.15) is 187 Å². The second kappa shape index (κ2) is 37.8. The van der Waals surface area contributed by atoms with Gasteiger partial charge in [0.15, 0.2) is 6.10 Å². The molecule has 10 heteroatoms. The van der Waals surface area contributed by atoms with E-state index in [0.29, 0.717) is 17.4 Å². The number of carbonyl (C=O) groups excluding carboxylic acids is 2. The maximum atomic E-state index is 12.7. The number of unbranched alkanes of at least 4 members (excludes halogenated alkanes) is 20. The molecule has 0 spiro atoms. The van der Waals surface area contributed by atoms with Crippen molar-refractivity contribution in [2.75, 3.05) is 47.5 Å². The summed E-state index contributed by atoms with van der Waals surface area (Å²) in [5, 5.41) is 0. The maximum absolute atomic E-state index is 12.7. The minimum atomic E-state index is -4.38. The molecule has 1 N–H and O–H groups in total. The van der Waals surface area contributed by atoms with Crippen molar-refractivity contribution in [2.24, 2.45) is 0 Å². The van der Waals surface area contributed by atoms with E-state index in [9.17, 15) is 19.0 Å². The van der Waals surface area contributed by atoms with Gasteiger partial charge >= 0.3 is 19.8 Å². The van der Waals surface area contributed by atoms with Crippen LogP contribution in [-0.4, -0.2) is 74.9 Å². The van der Waals surface area contributed by atoms with E-state index >= 15 is 0 Å². The van der Waals surface area contributed by atoms with E-state index in [1.807, 2.05) is 21.1 Å². The molecule has 1 unspecified atom stereocenters. The van der Waals surface area contributed by atoms with Crippen LogP contribution in [0.5, 0.6) is 0 Å². The van der Waals surface area contributed by atoms with Crippen LogP contribution in [0.25, 0.3) is 0 Å². The Hall–Kier alpha value is -1.77. The zero-order valence-electron chi connectivity index (χ0n) is 36.2. The molecule has 0 saturated heterocycles. The van der Waals surface area contributed by atoms with E-state index in [0.717, 1.165) is 70.6 Å². The first-order chi connectivity index (χ1) is 26.5. The molecule has 0 bridgehead atoms. The lowest BCUT2D eigenvalue weighted by atomic mass is 10.1. The predicted octanol–water partition coefficient (Wildman–Crippen LogP) is 12.5. The van der Waals surface area contributed by atoms with Crippen molar-refractivity contribution in [3.63, 3.8) is 0 Å². The molecule has 0 saturated carbocycles. The summed E-state index contributed by atoms with van der Waals surface area (Å²) in [5.41, 5.74) is 0. The van der Waals surface area contributed by atoms with Crippen LogP contribution in [-0.2, 0) is 32.7 Å². The smallest absolute Gasteiger partial charge is 0.462 e. The third-order valence-corrected chi connectivity index (χ3v) is 10.4. The minimum absolute atomic E-state index is 0.0283. The molecule has 2 atom stereocenters. The molecule has 0 aliphatic rings. The molecule has 55 heavy (non-hydrogen) atoms. The Kier molecular flexibility index (Phi) is 36.6. The van der Waals surface area contributed by atoms with E-state index in [1.165, 1.54) is 83.5 Å². The third-order valence-electron chi connectivity index (χ3n) is 9.39. The Morgan fingerprint density at radius 2 is 1.00 bits per heavy atom. The molecule has 0 aliphatic heterocycles. The number of allylic oxidation sites excluding steroid dienone is 6. The first-order valence-corrected chi connectivity index (χ1v) is 23.7. The number of ether oxygens (including phenoxy) is 2. The normalized spacial score (nSPS) is 13.9. The lowest BCUT2D eigenvalue weighted by molar-refractivity contribution is -0.870. The highest BCUT2D eigenvalue weighted by Crippen LogP contribution is 2.43. The molecule has 0 amide bonds. The summed E-state index contributed by atoms with van der Waals surface area (Å²) in [6.07, 6.45) is 41.8. The zero-order chi connectivity index (χ0) is 40.7. The van der Waals surface area contributed by atoms with E-state index < -0.39 is 26.5 Å². The van der Waals surface area contributed by atoms with Gasteiger partial charge in [0.2, 0.25) is 0 Å². The van der Waals surface area contributed by atoms with Gasteiger partial charge in [-0.15, -0.1) is 0 Å². The van der Waals surface area contributed by atoms with Gasteiger partial charge in [-0.3, -0.25) is 18.6 Å². The number of likely N-dealkylation sites (N-methyl/N-ethyl adjacent to an activating group) is 1. The molecule has 0 radical (unpaired) electrons. The van der Waals surface area contributed by atoms with Crippen molar-refractivity contribution in [1.29, 1.82) is 0 Å². The van der Waals surface area contributed by atoms with E-state index in [4.69, 9.17) is 18.5 Å². The molecule has 322 valence electrons. The number of hydrogen-bond acceptors (Lipinski definition) is 7. The van der Waals surface area contributed by atoms with Crippen molar-refractivity contribution in [1.82, 2.24) is 0 Å². The van der Waals surface area contributed by atoms with Gasteiger partial charge in [-0.05, 0) is 64.2 Å². The van der Waals surface area contributed by atoms with Crippen molar-refractivity contribution in [3.05, 3.63) is 36.5 Å². The highest BCUT2D eigenvalue weighted by molar-refractivity contribution is 7.47. The number of phosphoric ester groups is 1. The maximum Gasteiger partial charge on any atom is 0.472 e. The van der Waals surface area contributed by atoms with Gasteiger partial charge in [0.1, 0.15) is 19.8 Å². The average Bonchev–Trinajstić information content (AvgIpc) is 3.13. The fraction of sp³-hybridized carbons (Fsp3) is 0.822. The van der Waals surface area contributed by atoms with Crippen molar-refractivity contribution < 1.29 is 42.1 Å². The highest BCUT2D eigenvalue weighted by atomic mass is 31.2. The van der Waals surface area contributed by atoms with E-state index in [2.05, 4.69) is 50.3 Å². The number of carbonyl (C=O) groups is 2. The highest BCUT2D eigenvalue weighted by Gasteiger charge is 2.27. The largest absolute Gasteiger partial charge is 0.472 e. The van der Waals surface area contributed by atoms with Crippen molar-refractivity contribution >= 4 is 19.8 Å².